The van der Waals surface area contributed by atoms with Gasteiger partial charge in [0, 0.05) is 29.3 Å². The van der Waals surface area contributed by atoms with E-state index in [-0.39, 0.29) is 30.0 Å². The lowest BCUT2D eigenvalue weighted by Gasteiger charge is -2.37. The van der Waals surface area contributed by atoms with Crippen LogP contribution in [-0.4, -0.2) is 23.0 Å². The Balaban J connectivity index is 1.50. The number of dihydropyridines is 1. The summed E-state index contributed by atoms with van der Waals surface area (Å²) in [6.07, 6.45) is -0.448. The molecule has 5 rings (SSSR count). The topological polar surface area (TPSA) is 75.6 Å². The Morgan fingerprint density at radius 3 is 2.38 bits per heavy atom. The third kappa shape index (κ3) is 5.02. The number of rotatable bonds is 4. The van der Waals surface area contributed by atoms with Crippen molar-refractivity contribution in [2.75, 3.05) is 0 Å². The number of Topliss-reactive ketones (excluding diaryl/α,β-unsaturated/α-hetero) is 1. The predicted molar refractivity (Wildman–Crippen MR) is 130 cm³/mol. The van der Waals surface area contributed by atoms with Crippen LogP contribution >= 0.6 is 0 Å². The number of phenolic OH excluding ortho intramolecular Hbond substituents is 1. The number of ether oxygens (including phenoxy) is 1. The van der Waals surface area contributed by atoms with Gasteiger partial charge in [-0.05, 0) is 80.3 Å². The predicted octanol–water partition coefficient (Wildman–Crippen LogP) is 6.26. The van der Waals surface area contributed by atoms with Crippen molar-refractivity contribution in [2.24, 2.45) is 0 Å². The molecule has 2 unspecified atom stereocenters. The van der Waals surface area contributed by atoms with Crippen LogP contribution in [0.15, 0.2) is 71.1 Å². The molecule has 1 saturated carbocycles. The molecule has 0 amide bonds. The molecule has 0 radical (unpaired) electrons. The molecular weight excluding hydrogens is 483 g/mol. The number of benzene rings is 2. The quantitative estimate of drug-likeness (QED) is 0.474. The number of alkyl halides is 3. The number of ketones is 1. The van der Waals surface area contributed by atoms with E-state index in [1.54, 1.807) is 25.1 Å². The average Bonchev–Trinajstić information content (AvgIpc) is 3.35. The van der Waals surface area contributed by atoms with Gasteiger partial charge in [-0.25, -0.2) is 4.79 Å². The van der Waals surface area contributed by atoms with Crippen molar-refractivity contribution in [3.8, 4) is 5.75 Å². The smallest absolute Gasteiger partial charge is 0.416 e. The molecule has 2 aromatic rings. The Bertz CT molecular complexity index is 1290. The maximum Gasteiger partial charge on any atom is 0.416 e. The molecule has 1 heterocycles. The highest BCUT2D eigenvalue weighted by atomic mass is 19.4. The zero-order valence-corrected chi connectivity index (χ0v) is 20.4. The average molecular weight is 512 g/mol. The highest BCUT2D eigenvalue weighted by molar-refractivity contribution is 6.04. The lowest BCUT2D eigenvalue weighted by Crippen LogP contribution is -2.36. The van der Waals surface area contributed by atoms with Gasteiger partial charge in [0.2, 0.25) is 0 Å². The largest absolute Gasteiger partial charge is 0.508 e. The fourth-order valence-corrected chi connectivity index (χ4v) is 5.75. The monoisotopic (exact) mass is 511 g/mol. The van der Waals surface area contributed by atoms with E-state index in [0.717, 1.165) is 37.8 Å². The summed E-state index contributed by atoms with van der Waals surface area (Å²) >= 11 is 0. The molecular formula is C29H28F3NO4. The van der Waals surface area contributed by atoms with E-state index in [1.807, 2.05) is 0 Å². The van der Waals surface area contributed by atoms with Crippen LogP contribution in [0.4, 0.5) is 13.2 Å². The number of allylic oxidation sites excluding steroid dienone is 3. The normalized spacial score (nSPS) is 22.6. The second kappa shape index (κ2) is 9.72. The van der Waals surface area contributed by atoms with E-state index in [9.17, 15) is 27.9 Å². The molecule has 0 bridgehead atoms. The van der Waals surface area contributed by atoms with Gasteiger partial charge in [-0.1, -0.05) is 24.3 Å². The van der Waals surface area contributed by atoms with Crippen LogP contribution in [0, 0.1) is 0 Å². The number of carbonyl (C=O) groups is 2. The summed E-state index contributed by atoms with van der Waals surface area (Å²) in [6.45, 7) is 1.76. The van der Waals surface area contributed by atoms with Crippen LogP contribution in [0.3, 0.4) is 0 Å². The van der Waals surface area contributed by atoms with Gasteiger partial charge in [0.1, 0.15) is 11.9 Å². The van der Waals surface area contributed by atoms with Crippen LogP contribution in [0.2, 0.25) is 0 Å². The van der Waals surface area contributed by atoms with Crippen LogP contribution in [0.5, 0.6) is 5.75 Å². The summed E-state index contributed by atoms with van der Waals surface area (Å²) in [6, 6.07) is 11.4. The van der Waals surface area contributed by atoms with Crippen LogP contribution in [0.1, 0.15) is 74.0 Å². The molecule has 8 heteroatoms. The van der Waals surface area contributed by atoms with E-state index < -0.39 is 23.6 Å². The molecule has 194 valence electrons. The standard InChI is InChI=1S/C29H28F3NO4/c1-16-25(28(36)37-22-7-2-3-8-22)26(18-5-4-6-21(34)13-18)27-23(33-16)14-19(15-24(27)35)17-9-11-20(12-10-17)29(30,31)32/h4-6,9-13,19,22,26,33-34H,2-3,7-8,14-15H2,1H3. The molecule has 0 spiro atoms. The minimum Gasteiger partial charge on any atom is -0.508 e. The zero-order valence-electron chi connectivity index (χ0n) is 20.4. The summed E-state index contributed by atoms with van der Waals surface area (Å²) in [5.41, 5.74) is 2.52. The summed E-state index contributed by atoms with van der Waals surface area (Å²) in [4.78, 5) is 27.0. The van der Waals surface area contributed by atoms with E-state index >= 15 is 0 Å². The van der Waals surface area contributed by atoms with Gasteiger partial charge < -0.3 is 15.2 Å². The van der Waals surface area contributed by atoms with Gasteiger partial charge in [-0.2, -0.15) is 13.2 Å². The summed E-state index contributed by atoms with van der Waals surface area (Å²) in [7, 11) is 0. The zero-order chi connectivity index (χ0) is 26.3. The van der Waals surface area contributed by atoms with Gasteiger partial charge in [-0.3, -0.25) is 4.79 Å². The fourth-order valence-electron chi connectivity index (χ4n) is 5.75. The van der Waals surface area contributed by atoms with Gasteiger partial charge in [0.15, 0.2) is 5.78 Å². The van der Waals surface area contributed by atoms with Gasteiger partial charge >= 0.3 is 12.1 Å². The van der Waals surface area contributed by atoms with Gasteiger partial charge in [0.05, 0.1) is 11.1 Å². The van der Waals surface area contributed by atoms with Crippen molar-refractivity contribution in [1.29, 1.82) is 0 Å². The highest BCUT2D eigenvalue weighted by Crippen LogP contribution is 2.46. The summed E-state index contributed by atoms with van der Waals surface area (Å²) < 4.78 is 44.9. The third-order valence-electron chi connectivity index (χ3n) is 7.54. The molecule has 0 aromatic heterocycles. The first kappa shape index (κ1) is 25.1. The minimum atomic E-state index is -4.43. The van der Waals surface area contributed by atoms with Crippen molar-refractivity contribution in [3.05, 3.63) is 87.8 Å². The Morgan fingerprint density at radius 2 is 1.73 bits per heavy atom. The summed E-state index contributed by atoms with van der Waals surface area (Å²) in [5, 5.41) is 13.4. The molecule has 1 fully saturated rings. The number of hydrogen-bond donors (Lipinski definition) is 2. The van der Waals surface area contributed by atoms with Crippen LogP contribution in [-0.2, 0) is 20.5 Å². The first-order valence-corrected chi connectivity index (χ1v) is 12.5. The maximum atomic E-state index is 13.6. The van der Waals surface area contributed by atoms with Gasteiger partial charge in [0.25, 0.3) is 0 Å². The number of carbonyl (C=O) groups excluding carboxylic acids is 2. The second-order valence-electron chi connectivity index (χ2n) is 10.0. The Hall–Kier alpha value is -3.55. The number of phenols is 1. The minimum absolute atomic E-state index is 0.0187. The fraction of sp³-hybridized carbons (Fsp3) is 0.379. The molecule has 2 atom stereocenters. The number of halogens is 3. The van der Waals surface area contributed by atoms with E-state index in [1.165, 1.54) is 18.2 Å². The van der Waals surface area contributed by atoms with Crippen LogP contribution < -0.4 is 5.32 Å². The SMILES string of the molecule is CC1=C(C(=O)OC2CCCC2)C(c2cccc(O)c2)C2=C(CC(c3ccc(C(F)(F)F)cc3)CC2=O)N1. The lowest BCUT2D eigenvalue weighted by atomic mass is 9.71. The van der Waals surface area contributed by atoms with Crippen molar-refractivity contribution >= 4 is 11.8 Å². The molecule has 37 heavy (non-hydrogen) atoms. The Kier molecular flexibility index (Phi) is 6.60. The molecule has 1 aliphatic heterocycles. The van der Waals surface area contributed by atoms with Gasteiger partial charge in [-0.15, -0.1) is 0 Å². The Labute approximate surface area is 213 Å². The maximum absolute atomic E-state index is 13.6. The van der Waals surface area contributed by atoms with E-state index in [0.29, 0.717) is 40.1 Å². The van der Waals surface area contributed by atoms with Crippen molar-refractivity contribution in [1.82, 2.24) is 5.32 Å². The Morgan fingerprint density at radius 1 is 1.03 bits per heavy atom. The second-order valence-corrected chi connectivity index (χ2v) is 10.0. The van der Waals surface area contributed by atoms with Crippen molar-refractivity contribution < 1.29 is 32.6 Å². The van der Waals surface area contributed by atoms with Crippen molar-refractivity contribution in [3.63, 3.8) is 0 Å². The third-order valence-corrected chi connectivity index (χ3v) is 7.54. The first-order chi connectivity index (χ1) is 17.6. The molecule has 0 saturated heterocycles. The number of hydrogen-bond acceptors (Lipinski definition) is 5. The van der Waals surface area contributed by atoms with E-state index in [4.69, 9.17) is 4.74 Å². The molecule has 2 N–H and O–H groups in total. The number of aromatic hydroxyl groups is 1. The molecule has 3 aliphatic rings. The molecule has 5 nitrogen and oxygen atoms in total. The number of nitrogens with one attached hydrogen (secondary N) is 1. The lowest BCUT2D eigenvalue weighted by molar-refractivity contribution is -0.144. The molecule has 2 aromatic carbocycles. The van der Waals surface area contributed by atoms with Crippen LogP contribution in [0.25, 0.3) is 0 Å². The summed E-state index contributed by atoms with van der Waals surface area (Å²) in [5.74, 6) is -1.66. The van der Waals surface area contributed by atoms with Crippen molar-refractivity contribution in [2.45, 2.75) is 69.6 Å². The number of esters is 1. The first-order valence-electron chi connectivity index (χ1n) is 12.5. The van der Waals surface area contributed by atoms with E-state index in [2.05, 4.69) is 5.32 Å². The molecule has 2 aliphatic carbocycles. The highest BCUT2D eigenvalue weighted by Gasteiger charge is 2.42.